The quantitative estimate of drug-likeness (QED) is 0.729. The molecular formula is C12H27N3O2S. The van der Waals surface area contributed by atoms with Gasteiger partial charge in [0.15, 0.2) is 0 Å². The van der Waals surface area contributed by atoms with Crippen LogP contribution in [-0.4, -0.2) is 68.7 Å². The second-order valence-corrected chi connectivity index (χ2v) is 6.91. The van der Waals surface area contributed by atoms with Crippen LogP contribution in [0.3, 0.4) is 0 Å². The van der Waals surface area contributed by atoms with E-state index < -0.39 is 10.0 Å². The molecule has 1 rings (SSSR count). The lowest BCUT2D eigenvalue weighted by Crippen LogP contribution is -2.47. The van der Waals surface area contributed by atoms with Gasteiger partial charge in [0.1, 0.15) is 0 Å². The fourth-order valence-corrected chi connectivity index (χ4v) is 4.10. The summed E-state index contributed by atoms with van der Waals surface area (Å²) >= 11 is 0. The molecule has 0 spiro atoms. The van der Waals surface area contributed by atoms with Crippen molar-refractivity contribution in [1.29, 1.82) is 0 Å². The highest BCUT2D eigenvalue weighted by atomic mass is 32.2. The molecule has 0 aliphatic carbocycles. The highest BCUT2D eigenvalue weighted by molar-refractivity contribution is 7.89. The Balaban J connectivity index is 2.51. The summed E-state index contributed by atoms with van der Waals surface area (Å²) in [7, 11) is -3.11. The maximum absolute atomic E-state index is 12.3. The highest BCUT2D eigenvalue weighted by Crippen LogP contribution is 2.10. The highest BCUT2D eigenvalue weighted by Gasteiger charge is 2.25. The zero-order valence-electron chi connectivity index (χ0n) is 11.9. The average Bonchev–Trinajstić information content (AvgIpc) is 2.38. The van der Waals surface area contributed by atoms with Gasteiger partial charge in [0, 0.05) is 45.3 Å². The third-order valence-electron chi connectivity index (χ3n) is 3.63. The Morgan fingerprint density at radius 2 is 1.89 bits per heavy atom. The molecule has 0 radical (unpaired) electrons. The Hall–Kier alpha value is -0.170. The molecule has 1 atom stereocenters. The number of nitrogens with zero attached hydrogens (tertiary/aromatic N) is 2. The summed E-state index contributed by atoms with van der Waals surface area (Å²) in [6, 6.07) is 0.100. The fraction of sp³-hybridized carbons (Fsp3) is 1.00. The lowest BCUT2D eigenvalue weighted by Gasteiger charge is -2.30. The predicted molar refractivity (Wildman–Crippen MR) is 75.2 cm³/mol. The van der Waals surface area contributed by atoms with Gasteiger partial charge >= 0.3 is 0 Å². The van der Waals surface area contributed by atoms with E-state index in [1.165, 1.54) is 0 Å². The van der Waals surface area contributed by atoms with E-state index in [9.17, 15) is 8.42 Å². The minimum absolute atomic E-state index is 0.100. The Morgan fingerprint density at radius 1 is 1.28 bits per heavy atom. The van der Waals surface area contributed by atoms with Crippen molar-refractivity contribution in [3.05, 3.63) is 0 Å². The molecule has 18 heavy (non-hydrogen) atoms. The standard InChI is InChI=1S/C12H27N3O2S/c1-4-12(3)15(5-2)18(16,17)11-10-14-8-6-13-7-9-14/h12-13H,4-11H2,1-3H3. The Labute approximate surface area is 112 Å². The SMILES string of the molecule is CCC(C)N(CC)S(=O)(=O)CCN1CCNCC1. The number of hydrogen-bond donors (Lipinski definition) is 1. The van der Waals surface area contributed by atoms with Gasteiger partial charge in [-0.15, -0.1) is 0 Å². The number of rotatable bonds is 7. The van der Waals surface area contributed by atoms with Gasteiger partial charge < -0.3 is 5.32 Å². The van der Waals surface area contributed by atoms with Crippen LogP contribution in [0.1, 0.15) is 27.2 Å². The van der Waals surface area contributed by atoms with Gasteiger partial charge in [-0.05, 0) is 13.3 Å². The van der Waals surface area contributed by atoms with Gasteiger partial charge in [0.2, 0.25) is 10.0 Å². The van der Waals surface area contributed by atoms with E-state index in [0.29, 0.717) is 13.1 Å². The number of hydrogen-bond acceptors (Lipinski definition) is 4. The van der Waals surface area contributed by atoms with Crippen LogP contribution in [0.25, 0.3) is 0 Å². The molecular weight excluding hydrogens is 250 g/mol. The molecule has 1 heterocycles. The van der Waals surface area contributed by atoms with Gasteiger partial charge in [-0.2, -0.15) is 4.31 Å². The van der Waals surface area contributed by atoms with E-state index in [0.717, 1.165) is 32.6 Å². The first kappa shape index (κ1) is 15.9. The van der Waals surface area contributed by atoms with Crippen LogP contribution in [0.5, 0.6) is 0 Å². The van der Waals surface area contributed by atoms with Crippen molar-refractivity contribution in [3.8, 4) is 0 Å². The predicted octanol–water partition coefficient (Wildman–Crippen LogP) is 0.342. The van der Waals surface area contributed by atoms with Crippen molar-refractivity contribution in [2.45, 2.75) is 33.2 Å². The van der Waals surface area contributed by atoms with Crippen molar-refractivity contribution in [1.82, 2.24) is 14.5 Å². The first-order valence-corrected chi connectivity index (χ1v) is 8.54. The lowest BCUT2D eigenvalue weighted by molar-refractivity contribution is 0.251. The third-order valence-corrected chi connectivity index (χ3v) is 5.66. The van der Waals surface area contributed by atoms with E-state index in [2.05, 4.69) is 10.2 Å². The molecule has 0 saturated carbocycles. The number of sulfonamides is 1. The first-order valence-electron chi connectivity index (χ1n) is 6.93. The van der Waals surface area contributed by atoms with Crippen molar-refractivity contribution >= 4 is 10.0 Å². The molecule has 1 N–H and O–H groups in total. The van der Waals surface area contributed by atoms with Gasteiger partial charge in [0.05, 0.1) is 5.75 Å². The molecule has 1 saturated heterocycles. The fourth-order valence-electron chi connectivity index (χ4n) is 2.28. The van der Waals surface area contributed by atoms with Crippen LogP contribution in [0.2, 0.25) is 0 Å². The van der Waals surface area contributed by atoms with Gasteiger partial charge in [-0.3, -0.25) is 4.90 Å². The first-order chi connectivity index (χ1) is 8.51. The zero-order valence-corrected chi connectivity index (χ0v) is 12.7. The summed E-state index contributed by atoms with van der Waals surface area (Å²) in [6.07, 6.45) is 0.862. The Morgan fingerprint density at radius 3 is 2.39 bits per heavy atom. The topological polar surface area (TPSA) is 52.7 Å². The smallest absolute Gasteiger partial charge is 0.215 e. The zero-order chi connectivity index (χ0) is 13.6. The Kier molecular flexibility index (Phi) is 6.55. The summed E-state index contributed by atoms with van der Waals surface area (Å²) in [6.45, 7) is 11.0. The normalized spacial score (nSPS) is 20.2. The van der Waals surface area contributed by atoms with Crippen LogP contribution in [0, 0.1) is 0 Å². The second-order valence-electron chi connectivity index (χ2n) is 4.87. The van der Waals surface area contributed by atoms with Crippen LogP contribution in [0.15, 0.2) is 0 Å². The molecule has 1 aliphatic heterocycles. The molecule has 6 heteroatoms. The maximum Gasteiger partial charge on any atom is 0.215 e. The number of nitrogens with one attached hydrogen (secondary N) is 1. The summed E-state index contributed by atoms with van der Waals surface area (Å²) in [5, 5.41) is 3.27. The molecule has 0 bridgehead atoms. The third kappa shape index (κ3) is 4.50. The van der Waals surface area contributed by atoms with Gasteiger partial charge in [0.25, 0.3) is 0 Å². The minimum atomic E-state index is -3.11. The van der Waals surface area contributed by atoms with E-state index in [-0.39, 0.29) is 11.8 Å². The molecule has 0 aromatic rings. The Bertz CT molecular complexity index is 326. The summed E-state index contributed by atoms with van der Waals surface area (Å²) in [5.74, 6) is 0.241. The summed E-state index contributed by atoms with van der Waals surface area (Å²) < 4.78 is 26.2. The minimum Gasteiger partial charge on any atom is -0.314 e. The van der Waals surface area contributed by atoms with E-state index >= 15 is 0 Å². The van der Waals surface area contributed by atoms with Crippen LogP contribution < -0.4 is 5.32 Å². The van der Waals surface area contributed by atoms with E-state index in [1.54, 1.807) is 4.31 Å². The van der Waals surface area contributed by atoms with Crippen LogP contribution in [0.4, 0.5) is 0 Å². The van der Waals surface area contributed by atoms with Crippen LogP contribution in [-0.2, 0) is 10.0 Å². The molecule has 108 valence electrons. The average molecular weight is 277 g/mol. The number of piperazine rings is 1. The molecule has 5 nitrogen and oxygen atoms in total. The van der Waals surface area contributed by atoms with Crippen molar-refractivity contribution in [2.75, 3.05) is 45.0 Å². The van der Waals surface area contributed by atoms with Crippen molar-refractivity contribution < 1.29 is 8.42 Å². The molecule has 0 amide bonds. The van der Waals surface area contributed by atoms with Crippen molar-refractivity contribution in [2.24, 2.45) is 0 Å². The summed E-state index contributed by atoms with van der Waals surface area (Å²) in [4.78, 5) is 2.22. The molecule has 1 fully saturated rings. The van der Waals surface area contributed by atoms with E-state index in [1.807, 2.05) is 20.8 Å². The van der Waals surface area contributed by atoms with Crippen LogP contribution >= 0.6 is 0 Å². The lowest BCUT2D eigenvalue weighted by atomic mass is 10.3. The van der Waals surface area contributed by atoms with Crippen molar-refractivity contribution in [3.63, 3.8) is 0 Å². The summed E-state index contributed by atoms with van der Waals surface area (Å²) in [5.41, 5.74) is 0. The van der Waals surface area contributed by atoms with E-state index in [4.69, 9.17) is 0 Å². The molecule has 1 aliphatic rings. The monoisotopic (exact) mass is 277 g/mol. The van der Waals surface area contributed by atoms with Gasteiger partial charge in [-0.25, -0.2) is 8.42 Å². The molecule has 0 aromatic heterocycles. The second kappa shape index (κ2) is 7.43. The maximum atomic E-state index is 12.3. The van der Waals surface area contributed by atoms with Gasteiger partial charge in [-0.1, -0.05) is 13.8 Å². The largest absolute Gasteiger partial charge is 0.314 e. The molecule has 1 unspecified atom stereocenters. The molecule has 0 aromatic carbocycles.